The van der Waals surface area contributed by atoms with Crippen molar-refractivity contribution in [2.75, 3.05) is 25.5 Å². The van der Waals surface area contributed by atoms with Crippen molar-refractivity contribution in [3.05, 3.63) is 47.7 Å². The maximum atomic E-state index is 14.9. The zero-order valence-corrected chi connectivity index (χ0v) is 21.2. The number of aryl methyl sites for hydroxylation is 1. The second-order valence-corrected chi connectivity index (χ2v) is 9.39. The average Bonchev–Trinajstić information content (AvgIpc) is 3.66. The van der Waals surface area contributed by atoms with Crippen LogP contribution < -0.4 is 10.6 Å². The molecule has 10 nitrogen and oxygen atoms in total. The number of nitrogens with one attached hydrogen (secondary N) is 2. The monoisotopic (exact) mass is 549 g/mol. The number of rotatable bonds is 9. The Kier molecular flexibility index (Phi) is 7.55. The van der Waals surface area contributed by atoms with Gasteiger partial charge in [-0.25, -0.2) is 17.6 Å². The van der Waals surface area contributed by atoms with Crippen LogP contribution >= 0.6 is 0 Å². The number of halogens is 4. The second kappa shape index (κ2) is 11.0. The Labute approximate surface area is 220 Å². The van der Waals surface area contributed by atoms with E-state index in [2.05, 4.69) is 25.9 Å². The third-order valence-corrected chi connectivity index (χ3v) is 6.67. The summed E-state index contributed by atoms with van der Waals surface area (Å²) in [5.74, 6) is -0.750. The van der Waals surface area contributed by atoms with E-state index in [9.17, 15) is 22.4 Å². The molecule has 1 amide bonds. The van der Waals surface area contributed by atoms with E-state index < -0.39 is 30.8 Å². The number of amides is 1. The SMILES string of the molecule is CCc1cc(C(=O)NCc2nc(-c3cc4c(N[C@@H]5CCN(C)C[C@@H]5F)cccc4n3C(F)C(F)F)no2)on1. The largest absolute Gasteiger partial charge is 0.379 e. The number of fused-ring (bicyclic) bond motifs is 1. The minimum absolute atomic E-state index is 0.00378. The predicted octanol–water partition coefficient (Wildman–Crippen LogP) is 4.36. The molecule has 1 fully saturated rings. The number of alkyl halides is 4. The zero-order valence-electron chi connectivity index (χ0n) is 21.2. The number of carbonyl (C=O) groups is 1. The molecule has 5 rings (SSSR count). The van der Waals surface area contributed by atoms with E-state index in [-0.39, 0.29) is 41.8 Å². The first kappa shape index (κ1) is 26.7. The maximum Gasteiger partial charge on any atom is 0.290 e. The second-order valence-electron chi connectivity index (χ2n) is 9.39. The molecule has 0 saturated carbocycles. The number of anilines is 1. The molecule has 1 unspecified atom stereocenters. The molecule has 1 aromatic carbocycles. The molecule has 39 heavy (non-hydrogen) atoms. The van der Waals surface area contributed by atoms with Crippen molar-refractivity contribution in [3.8, 4) is 11.5 Å². The number of aromatic nitrogens is 4. The van der Waals surface area contributed by atoms with Crippen LogP contribution in [0.15, 0.2) is 39.4 Å². The van der Waals surface area contributed by atoms with Gasteiger partial charge >= 0.3 is 0 Å². The van der Waals surface area contributed by atoms with Gasteiger partial charge in [0.15, 0.2) is 0 Å². The van der Waals surface area contributed by atoms with Gasteiger partial charge in [0.05, 0.1) is 29.5 Å². The lowest BCUT2D eigenvalue weighted by Crippen LogP contribution is -2.46. The molecule has 4 aromatic rings. The fourth-order valence-electron chi connectivity index (χ4n) is 4.61. The van der Waals surface area contributed by atoms with Crippen molar-refractivity contribution >= 4 is 22.5 Å². The lowest BCUT2D eigenvalue weighted by atomic mass is 10.0. The third-order valence-electron chi connectivity index (χ3n) is 6.67. The summed E-state index contributed by atoms with van der Waals surface area (Å²) in [5, 5.41) is 13.7. The minimum Gasteiger partial charge on any atom is -0.379 e. The fourth-order valence-corrected chi connectivity index (χ4v) is 4.61. The van der Waals surface area contributed by atoms with Crippen molar-refractivity contribution in [1.29, 1.82) is 0 Å². The maximum absolute atomic E-state index is 14.9. The molecule has 0 spiro atoms. The van der Waals surface area contributed by atoms with E-state index >= 15 is 0 Å². The highest BCUT2D eigenvalue weighted by Crippen LogP contribution is 2.37. The Balaban J connectivity index is 1.43. The quantitative estimate of drug-likeness (QED) is 0.296. The highest BCUT2D eigenvalue weighted by molar-refractivity contribution is 5.96. The Morgan fingerprint density at radius 1 is 1.21 bits per heavy atom. The van der Waals surface area contributed by atoms with Gasteiger partial charge < -0.3 is 29.1 Å². The molecular weight excluding hydrogens is 522 g/mol. The Morgan fingerprint density at radius 3 is 2.74 bits per heavy atom. The van der Waals surface area contributed by atoms with E-state index in [0.29, 0.717) is 36.2 Å². The van der Waals surface area contributed by atoms with Crippen molar-refractivity contribution in [2.24, 2.45) is 0 Å². The summed E-state index contributed by atoms with van der Waals surface area (Å²) in [7, 11) is 1.84. The van der Waals surface area contributed by atoms with Gasteiger partial charge in [-0.2, -0.15) is 4.98 Å². The van der Waals surface area contributed by atoms with Gasteiger partial charge in [0.2, 0.25) is 23.8 Å². The number of hydrogen-bond donors (Lipinski definition) is 2. The fraction of sp³-hybridized carbons (Fsp3) is 0.440. The Bertz CT molecular complexity index is 1450. The predicted molar refractivity (Wildman–Crippen MR) is 133 cm³/mol. The average molecular weight is 550 g/mol. The van der Waals surface area contributed by atoms with Crippen molar-refractivity contribution in [3.63, 3.8) is 0 Å². The summed E-state index contributed by atoms with van der Waals surface area (Å²) < 4.78 is 67.7. The normalized spacial score (nSPS) is 19.1. The number of piperidine rings is 1. The van der Waals surface area contributed by atoms with Crippen LogP contribution in [0, 0.1) is 0 Å². The van der Waals surface area contributed by atoms with Crippen LogP contribution in [0.5, 0.6) is 0 Å². The van der Waals surface area contributed by atoms with Crippen LogP contribution in [-0.2, 0) is 13.0 Å². The van der Waals surface area contributed by atoms with Crippen LogP contribution in [0.25, 0.3) is 22.4 Å². The van der Waals surface area contributed by atoms with Gasteiger partial charge in [-0.05, 0) is 38.1 Å². The van der Waals surface area contributed by atoms with Crippen molar-refractivity contribution in [2.45, 2.75) is 51.2 Å². The van der Waals surface area contributed by atoms with Crippen LogP contribution in [0.3, 0.4) is 0 Å². The van der Waals surface area contributed by atoms with Gasteiger partial charge in [0, 0.05) is 30.2 Å². The van der Waals surface area contributed by atoms with Crippen LogP contribution in [-0.4, -0.2) is 69.4 Å². The summed E-state index contributed by atoms with van der Waals surface area (Å²) >= 11 is 0. The molecule has 208 valence electrons. The number of likely N-dealkylation sites (tertiary alicyclic amines) is 1. The summed E-state index contributed by atoms with van der Waals surface area (Å²) in [5.41, 5.74) is 1.18. The Hall–Kier alpha value is -3.94. The van der Waals surface area contributed by atoms with E-state index in [1.807, 2.05) is 18.9 Å². The third kappa shape index (κ3) is 5.46. The summed E-state index contributed by atoms with van der Waals surface area (Å²) in [4.78, 5) is 18.4. The highest BCUT2D eigenvalue weighted by atomic mass is 19.3. The van der Waals surface area contributed by atoms with Crippen molar-refractivity contribution in [1.82, 2.24) is 30.1 Å². The first-order chi connectivity index (χ1) is 18.7. The number of carbonyl (C=O) groups excluding carboxylic acids is 1. The van der Waals surface area contributed by atoms with E-state index in [0.717, 1.165) is 4.57 Å². The number of benzene rings is 1. The van der Waals surface area contributed by atoms with Crippen molar-refractivity contribution < 1.29 is 31.4 Å². The lowest BCUT2D eigenvalue weighted by Gasteiger charge is -2.33. The van der Waals surface area contributed by atoms with Gasteiger partial charge in [-0.15, -0.1) is 0 Å². The van der Waals surface area contributed by atoms with E-state index in [1.165, 1.54) is 18.2 Å². The van der Waals surface area contributed by atoms with E-state index in [1.54, 1.807) is 12.1 Å². The molecule has 1 aliphatic heterocycles. The number of nitrogens with zero attached hydrogens (tertiary/aromatic N) is 5. The first-order valence-corrected chi connectivity index (χ1v) is 12.5. The molecule has 0 radical (unpaired) electrons. The molecule has 4 heterocycles. The van der Waals surface area contributed by atoms with Gasteiger partial charge in [-0.3, -0.25) is 4.79 Å². The van der Waals surface area contributed by atoms with Crippen LogP contribution in [0.2, 0.25) is 0 Å². The smallest absolute Gasteiger partial charge is 0.290 e. The highest BCUT2D eigenvalue weighted by Gasteiger charge is 2.31. The van der Waals surface area contributed by atoms with E-state index in [4.69, 9.17) is 9.05 Å². The number of hydrogen-bond acceptors (Lipinski definition) is 8. The molecule has 0 bridgehead atoms. The molecular formula is C25H27F4N7O3. The summed E-state index contributed by atoms with van der Waals surface area (Å²) in [6, 6.07) is 7.22. The molecule has 3 atom stereocenters. The lowest BCUT2D eigenvalue weighted by molar-refractivity contribution is 0.0114. The molecule has 2 N–H and O–H groups in total. The molecule has 1 aliphatic rings. The Morgan fingerprint density at radius 2 is 2.03 bits per heavy atom. The van der Waals surface area contributed by atoms with Crippen LogP contribution in [0.4, 0.5) is 23.2 Å². The topological polar surface area (TPSA) is 114 Å². The molecule has 0 aliphatic carbocycles. The first-order valence-electron chi connectivity index (χ1n) is 12.5. The van der Waals surface area contributed by atoms with Gasteiger partial charge in [0.25, 0.3) is 12.3 Å². The molecule has 3 aromatic heterocycles. The summed E-state index contributed by atoms with van der Waals surface area (Å²) in [6.07, 6.45) is -6.05. The molecule has 1 saturated heterocycles. The molecule has 14 heteroatoms. The van der Waals surface area contributed by atoms with Gasteiger partial charge in [-0.1, -0.05) is 23.3 Å². The van der Waals surface area contributed by atoms with Crippen LogP contribution in [0.1, 0.15) is 41.8 Å². The van der Waals surface area contributed by atoms with Gasteiger partial charge in [0.1, 0.15) is 6.17 Å². The summed E-state index contributed by atoms with van der Waals surface area (Å²) in [6.45, 7) is 2.62. The zero-order chi connectivity index (χ0) is 27.7. The minimum atomic E-state index is -3.33. The standard InChI is InChI=1S/C25H27F4N7O3/c1-3-13-9-20(38-33-13)25(37)30-11-21-32-24(34-39-21)19-10-14-16(31-17-7-8-35(2)12-15(17)26)5-4-6-18(14)36(19)23(29)22(27)28/h4-6,9-10,15,17,22-23,31H,3,7-8,11-12H2,1-2H3,(H,30,37)/t15-,17+,23?/m0/s1.